The van der Waals surface area contributed by atoms with E-state index in [1.807, 2.05) is 4.90 Å². The Balaban J connectivity index is 1.29. The second-order valence-electron chi connectivity index (χ2n) is 7.84. The number of amides is 2. The number of hydrogen-bond acceptors (Lipinski definition) is 7. The standard InChI is InChI=1S/C18H22N6O3S/c1-23-13(3-5-21-23)15(25)20-6-10-11-7-24(9-18(11)4-2-14(10)27-18)16(26)12-8-28-17(19)22-12/h3,5,8,10-11,14H,2,4,6-7,9H2,1H3,(H2,19,22)(H,20,25)/t10-,11+,14+,18+/m0/s1. The average Bonchev–Trinajstić information content (AvgIpc) is 3.45. The van der Waals surface area contributed by atoms with Crippen molar-refractivity contribution in [3.63, 3.8) is 0 Å². The number of carbonyl (C=O) groups excluding carboxylic acids is 2. The first-order valence-corrected chi connectivity index (χ1v) is 10.3. The van der Waals surface area contributed by atoms with Crippen molar-refractivity contribution in [1.82, 2.24) is 25.0 Å². The first-order chi connectivity index (χ1) is 13.5. The number of rotatable bonds is 4. The zero-order chi connectivity index (χ0) is 19.5. The Hall–Kier alpha value is -2.46. The normalized spacial score (nSPS) is 30.6. The third kappa shape index (κ3) is 2.62. The second-order valence-corrected chi connectivity index (χ2v) is 8.73. The molecule has 1 spiro atoms. The van der Waals surface area contributed by atoms with Gasteiger partial charge in [-0.15, -0.1) is 11.3 Å². The zero-order valence-electron chi connectivity index (χ0n) is 15.5. The fourth-order valence-electron chi connectivity index (χ4n) is 5.06. The molecule has 0 aliphatic carbocycles. The number of ether oxygens (including phenoxy) is 1. The van der Waals surface area contributed by atoms with Crippen LogP contribution >= 0.6 is 11.3 Å². The number of thiazole rings is 1. The third-order valence-corrected chi connectivity index (χ3v) is 7.04. The van der Waals surface area contributed by atoms with Gasteiger partial charge in [0, 0.05) is 43.5 Å². The lowest BCUT2D eigenvalue weighted by Gasteiger charge is -2.29. The number of hydrogen-bond donors (Lipinski definition) is 2. The van der Waals surface area contributed by atoms with Crippen LogP contribution in [0.2, 0.25) is 0 Å². The number of nitrogens with one attached hydrogen (secondary N) is 1. The minimum absolute atomic E-state index is 0.0959. The van der Waals surface area contributed by atoms with Crippen molar-refractivity contribution in [2.45, 2.75) is 24.5 Å². The number of anilines is 1. The van der Waals surface area contributed by atoms with Crippen molar-refractivity contribution in [3.8, 4) is 0 Å². The van der Waals surface area contributed by atoms with Gasteiger partial charge in [0.15, 0.2) is 5.13 Å². The summed E-state index contributed by atoms with van der Waals surface area (Å²) in [5.41, 5.74) is 6.31. The molecule has 3 aliphatic heterocycles. The van der Waals surface area contributed by atoms with Crippen LogP contribution in [0.15, 0.2) is 17.6 Å². The van der Waals surface area contributed by atoms with Crippen LogP contribution in [0.25, 0.3) is 0 Å². The van der Waals surface area contributed by atoms with Gasteiger partial charge in [0.05, 0.1) is 18.2 Å². The van der Waals surface area contributed by atoms with Gasteiger partial charge in [-0.3, -0.25) is 14.3 Å². The molecule has 0 saturated carbocycles. The van der Waals surface area contributed by atoms with Crippen LogP contribution in [0.1, 0.15) is 33.8 Å². The largest absolute Gasteiger partial charge is 0.375 e. The molecule has 10 heteroatoms. The van der Waals surface area contributed by atoms with Gasteiger partial charge in [0.1, 0.15) is 11.4 Å². The second kappa shape index (κ2) is 6.28. The Labute approximate surface area is 165 Å². The molecule has 2 aromatic rings. The first kappa shape index (κ1) is 17.6. The molecule has 0 unspecified atom stereocenters. The lowest BCUT2D eigenvalue weighted by atomic mass is 9.73. The van der Waals surface area contributed by atoms with Crippen molar-refractivity contribution < 1.29 is 14.3 Å². The van der Waals surface area contributed by atoms with E-state index < -0.39 is 0 Å². The summed E-state index contributed by atoms with van der Waals surface area (Å²) in [5.74, 6) is 0.185. The smallest absolute Gasteiger partial charge is 0.273 e. The summed E-state index contributed by atoms with van der Waals surface area (Å²) in [5, 5.41) is 9.17. The molecule has 0 aromatic carbocycles. The Morgan fingerprint density at radius 1 is 1.50 bits per heavy atom. The molecule has 2 aromatic heterocycles. The van der Waals surface area contributed by atoms with Crippen LogP contribution in [-0.4, -0.2) is 62.8 Å². The van der Waals surface area contributed by atoms with Gasteiger partial charge in [0.2, 0.25) is 0 Å². The van der Waals surface area contributed by atoms with E-state index in [1.54, 1.807) is 29.4 Å². The summed E-state index contributed by atoms with van der Waals surface area (Å²) in [7, 11) is 1.75. The predicted molar refractivity (Wildman–Crippen MR) is 102 cm³/mol. The monoisotopic (exact) mass is 402 g/mol. The molecule has 2 bridgehead atoms. The van der Waals surface area contributed by atoms with Crippen molar-refractivity contribution in [2.24, 2.45) is 18.9 Å². The lowest BCUT2D eigenvalue weighted by Crippen LogP contribution is -2.42. The number of likely N-dealkylation sites (tertiary alicyclic amines) is 1. The van der Waals surface area contributed by atoms with Crippen molar-refractivity contribution in [1.29, 1.82) is 0 Å². The van der Waals surface area contributed by atoms with E-state index in [1.165, 1.54) is 11.3 Å². The van der Waals surface area contributed by atoms with Crippen molar-refractivity contribution in [2.75, 3.05) is 25.4 Å². The molecule has 2 amide bonds. The summed E-state index contributed by atoms with van der Waals surface area (Å²) in [6, 6.07) is 1.70. The maximum atomic E-state index is 12.8. The van der Waals surface area contributed by atoms with Gasteiger partial charge in [-0.1, -0.05) is 0 Å². The van der Waals surface area contributed by atoms with Gasteiger partial charge >= 0.3 is 0 Å². The van der Waals surface area contributed by atoms with Crippen LogP contribution in [0, 0.1) is 11.8 Å². The highest BCUT2D eigenvalue weighted by molar-refractivity contribution is 7.13. The summed E-state index contributed by atoms with van der Waals surface area (Å²) in [6.45, 7) is 1.74. The van der Waals surface area contributed by atoms with Crippen molar-refractivity contribution >= 4 is 28.3 Å². The quantitative estimate of drug-likeness (QED) is 0.770. The number of nitrogens with two attached hydrogens (primary N) is 1. The molecule has 5 heterocycles. The first-order valence-electron chi connectivity index (χ1n) is 9.41. The molecule has 4 atom stereocenters. The summed E-state index contributed by atoms with van der Waals surface area (Å²) in [6.07, 6.45) is 3.67. The highest BCUT2D eigenvalue weighted by Crippen LogP contribution is 2.54. The lowest BCUT2D eigenvalue weighted by molar-refractivity contribution is 0.00312. The number of nitrogens with zero attached hydrogens (tertiary/aromatic N) is 4. The maximum Gasteiger partial charge on any atom is 0.273 e. The van der Waals surface area contributed by atoms with Crippen LogP contribution in [0.5, 0.6) is 0 Å². The SMILES string of the molecule is Cn1nccc1C(=O)NC[C@H]1[C@H]2CN(C(=O)c3csc(N)n3)C[C@]23CC[C@H]1O3. The summed E-state index contributed by atoms with van der Waals surface area (Å²) >= 11 is 1.27. The van der Waals surface area contributed by atoms with E-state index in [-0.39, 0.29) is 35.4 Å². The highest BCUT2D eigenvalue weighted by Gasteiger charge is 2.63. The number of aryl methyl sites for hydroxylation is 1. The van der Waals surface area contributed by atoms with Gasteiger partial charge in [-0.2, -0.15) is 5.10 Å². The minimum Gasteiger partial charge on any atom is -0.375 e. The Kier molecular flexibility index (Phi) is 3.95. The molecular formula is C18H22N6O3S. The molecular weight excluding hydrogens is 380 g/mol. The molecule has 3 aliphatic rings. The van der Waals surface area contributed by atoms with E-state index in [2.05, 4.69) is 15.4 Å². The van der Waals surface area contributed by atoms with E-state index in [0.29, 0.717) is 36.2 Å². The Bertz CT molecular complexity index is 941. The Morgan fingerprint density at radius 3 is 3.07 bits per heavy atom. The summed E-state index contributed by atoms with van der Waals surface area (Å²) in [4.78, 5) is 31.2. The topological polar surface area (TPSA) is 115 Å². The fraction of sp³-hybridized carbons (Fsp3) is 0.556. The van der Waals surface area contributed by atoms with Gasteiger partial charge < -0.3 is 20.7 Å². The molecule has 148 valence electrons. The average molecular weight is 402 g/mol. The minimum atomic E-state index is -0.288. The predicted octanol–water partition coefficient (Wildman–Crippen LogP) is 0.508. The number of carbonyl (C=O) groups is 2. The van der Waals surface area contributed by atoms with Crippen LogP contribution in [-0.2, 0) is 11.8 Å². The van der Waals surface area contributed by atoms with Gasteiger partial charge in [0.25, 0.3) is 11.8 Å². The van der Waals surface area contributed by atoms with E-state index >= 15 is 0 Å². The number of aromatic nitrogens is 3. The molecule has 3 N–H and O–H groups in total. The van der Waals surface area contributed by atoms with Crippen LogP contribution < -0.4 is 11.1 Å². The molecule has 5 rings (SSSR count). The van der Waals surface area contributed by atoms with Gasteiger partial charge in [-0.05, 0) is 18.9 Å². The Morgan fingerprint density at radius 2 is 2.36 bits per heavy atom. The summed E-state index contributed by atoms with van der Waals surface area (Å²) < 4.78 is 7.92. The number of nitrogen functional groups attached to an aromatic ring is 1. The van der Waals surface area contributed by atoms with E-state index in [4.69, 9.17) is 10.5 Å². The van der Waals surface area contributed by atoms with Crippen LogP contribution in [0.3, 0.4) is 0 Å². The highest BCUT2D eigenvalue weighted by atomic mass is 32.1. The van der Waals surface area contributed by atoms with E-state index in [0.717, 1.165) is 12.8 Å². The molecule has 3 fully saturated rings. The maximum absolute atomic E-state index is 12.8. The zero-order valence-corrected chi connectivity index (χ0v) is 16.3. The molecule has 9 nitrogen and oxygen atoms in total. The molecule has 0 radical (unpaired) electrons. The fourth-order valence-corrected chi connectivity index (χ4v) is 5.60. The molecule has 28 heavy (non-hydrogen) atoms. The van der Waals surface area contributed by atoms with Crippen molar-refractivity contribution in [3.05, 3.63) is 29.0 Å². The van der Waals surface area contributed by atoms with E-state index in [9.17, 15) is 9.59 Å². The van der Waals surface area contributed by atoms with Crippen LogP contribution in [0.4, 0.5) is 5.13 Å². The molecule has 3 saturated heterocycles. The third-order valence-electron chi connectivity index (χ3n) is 6.36. The number of fused-ring (bicyclic) bond motifs is 1. The van der Waals surface area contributed by atoms with Gasteiger partial charge in [-0.25, -0.2) is 4.98 Å².